The summed E-state index contributed by atoms with van der Waals surface area (Å²) in [4.78, 5) is 25.0. The number of fused-ring (bicyclic) bond motifs is 1. The number of benzene rings is 1. The highest BCUT2D eigenvalue weighted by Gasteiger charge is 2.33. The molecule has 1 saturated carbocycles. The van der Waals surface area contributed by atoms with Crippen LogP contribution in [0.3, 0.4) is 0 Å². The van der Waals surface area contributed by atoms with Gasteiger partial charge in [-0.3, -0.25) is 4.79 Å². The predicted octanol–water partition coefficient (Wildman–Crippen LogP) is 1.40. The number of anilines is 1. The third-order valence-corrected chi connectivity index (χ3v) is 4.17. The maximum absolute atomic E-state index is 12.3. The van der Waals surface area contributed by atoms with Crippen LogP contribution in [0, 0.1) is 5.92 Å². The molecule has 106 valence electrons. The summed E-state index contributed by atoms with van der Waals surface area (Å²) in [6.45, 7) is 0.620. The fourth-order valence-electron chi connectivity index (χ4n) is 2.77. The molecule has 20 heavy (non-hydrogen) atoms. The molecule has 0 spiro atoms. The molecule has 3 N–H and O–H groups in total. The molecule has 2 aliphatic rings. The number of aromatic carboxylic acids is 1. The highest BCUT2D eigenvalue weighted by Crippen LogP contribution is 2.34. The third-order valence-electron chi connectivity index (χ3n) is 4.17. The topological polar surface area (TPSA) is 83.6 Å². The van der Waals surface area contributed by atoms with Crippen molar-refractivity contribution in [2.24, 2.45) is 11.7 Å². The maximum Gasteiger partial charge on any atom is 0.335 e. The van der Waals surface area contributed by atoms with Crippen molar-refractivity contribution in [1.29, 1.82) is 0 Å². The molecular formula is C15H18N2O3. The zero-order valence-corrected chi connectivity index (χ0v) is 11.2. The number of nitrogens with two attached hydrogens (primary N) is 1. The predicted molar refractivity (Wildman–Crippen MR) is 74.8 cm³/mol. The van der Waals surface area contributed by atoms with E-state index in [0.29, 0.717) is 18.9 Å². The van der Waals surface area contributed by atoms with Gasteiger partial charge >= 0.3 is 5.97 Å². The second-order valence-electron chi connectivity index (χ2n) is 5.65. The van der Waals surface area contributed by atoms with Crippen molar-refractivity contribution in [3.63, 3.8) is 0 Å². The Morgan fingerprint density at radius 3 is 2.80 bits per heavy atom. The van der Waals surface area contributed by atoms with E-state index < -0.39 is 5.97 Å². The largest absolute Gasteiger partial charge is 0.478 e. The van der Waals surface area contributed by atoms with Crippen molar-refractivity contribution >= 4 is 17.6 Å². The second kappa shape index (κ2) is 4.90. The normalized spacial score (nSPS) is 18.8. The van der Waals surface area contributed by atoms with Crippen LogP contribution in [0.4, 0.5) is 5.69 Å². The van der Waals surface area contributed by atoms with Gasteiger partial charge < -0.3 is 15.7 Å². The highest BCUT2D eigenvalue weighted by atomic mass is 16.4. The molecule has 1 amide bonds. The molecule has 1 heterocycles. The number of carboxylic acid groups (broad SMARTS) is 1. The van der Waals surface area contributed by atoms with Crippen molar-refractivity contribution < 1.29 is 14.7 Å². The minimum atomic E-state index is -0.971. The first-order chi connectivity index (χ1) is 9.56. The van der Waals surface area contributed by atoms with E-state index in [4.69, 9.17) is 10.8 Å². The van der Waals surface area contributed by atoms with Crippen LogP contribution in [0.5, 0.6) is 0 Å². The Bertz CT molecular complexity index is 566. The molecular weight excluding hydrogens is 256 g/mol. The quantitative estimate of drug-likeness (QED) is 0.869. The lowest BCUT2D eigenvalue weighted by atomic mass is 10.1. The van der Waals surface area contributed by atoms with E-state index in [9.17, 15) is 9.59 Å². The van der Waals surface area contributed by atoms with Crippen molar-refractivity contribution in [1.82, 2.24) is 0 Å². The van der Waals surface area contributed by atoms with Crippen LogP contribution in [0.25, 0.3) is 0 Å². The van der Waals surface area contributed by atoms with E-state index in [1.165, 1.54) is 0 Å². The molecule has 1 aliphatic heterocycles. The number of carbonyl (C=O) groups excluding carboxylic acids is 1. The Hall–Kier alpha value is -1.88. The highest BCUT2D eigenvalue weighted by molar-refractivity contribution is 5.98. The number of hydrogen-bond acceptors (Lipinski definition) is 3. The smallest absolute Gasteiger partial charge is 0.335 e. The van der Waals surface area contributed by atoms with Crippen LogP contribution in [-0.4, -0.2) is 29.6 Å². The first-order valence-electron chi connectivity index (χ1n) is 6.98. The molecule has 1 fully saturated rings. The van der Waals surface area contributed by atoms with E-state index in [1.54, 1.807) is 23.1 Å². The molecule has 1 aromatic rings. The summed E-state index contributed by atoms with van der Waals surface area (Å²) in [6.07, 6.45) is 3.36. The summed E-state index contributed by atoms with van der Waals surface area (Å²) in [5.41, 5.74) is 7.99. The van der Waals surface area contributed by atoms with Crippen LogP contribution >= 0.6 is 0 Å². The minimum absolute atomic E-state index is 0.00527. The van der Waals surface area contributed by atoms with E-state index in [2.05, 4.69) is 0 Å². The van der Waals surface area contributed by atoms with Crippen molar-refractivity contribution in [3.05, 3.63) is 29.3 Å². The van der Waals surface area contributed by atoms with Crippen LogP contribution in [0.2, 0.25) is 0 Å². The van der Waals surface area contributed by atoms with Gasteiger partial charge in [0.2, 0.25) is 5.91 Å². The van der Waals surface area contributed by atoms with Gasteiger partial charge in [-0.15, -0.1) is 0 Å². The Labute approximate surface area is 117 Å². The lowest BCUT2D eigenvalue weighted by molar-refractivity contribution is -0.118. The van der Waals surface area contributed by atoms with Gasteiger partial charge in [0.15, 0.2) is 0 Å². The van der Waals surface area contributed by atoms with Gasteiger partial charge in [-0.05, 0) is 42.9 Å². The van der Waals surface area contributed by atoms with Crippen LogP contribution < -0.4 is 10.6 Å². The molecule has 5 nitrogen and oxygen atoms in total. The summed E-state index contributed by atoms with van der Waals surface area (Å²) in [5.74, 6) is -0.473. The van der Waals surface area contributed by atoms with Gasteiger partial charge in [0, 0.05) is 24.7 Å². The number of hydrogen-bond donors (Lipinski definition) is 2. The average Bonchev–Trinajstić information content (AvgIpc) is 3.17. The minimum Gasteiger partial charge on any atom is -0.478 e. The monoisotopic (exact) mass is 274 g/mol. The van der Waals surface area contributed by atoms with Crippen LogP contribution in [-0.2, 0) is 11.2 Å². The number of carboxylic acids is 1. The molecule has 1 aliphatic carbocycles. The summed E-state index contributed by atoms with van der Waals surface area (Å²) in [7, 11) is 0. The van der Waals surface area contributed by atoms with E-state index >= 15 is 0 Å². The van der Waals surface area contributed by atoms with Gasteiger partial charge in [0.05, 0.1) is 5.56 Å². The van der Waals surface area contributed by atoms with Gasteiger partial charge in [-0.2, -0.15) is 0 Å². The van der Waals surface area contributed by atoms with Gasteiger partial charge in [0.25, 0.3) is 0 Å². The fourth-order valence-corrected chi connectivity index (χ4v) is 2.77. The Morgan fingerprint density at radius 2 is 2.15 bits per heavy atom. The summed E-state index contributed by atoms with van der Waals surface area (Å²) in [5, 5.41) is 9.04. The second-order valence-corrected chi connectivity index (χ2v) is 5.65. The molecule has 0 aromatic heterocycles. The Balaban J connectivity index is 1.78. The van der Waals surface area contributed by atoms with Crippen molar-refractivity contribution in [2.75, 3.05) is 11.4 Å². The van der Waals surface area contributed by atoms with Crippen LogP contribution in [0.1, 0.15) is 35.2 Å². The first kappa shape index (κ1) is 13.1. The van der Waals surface area contributed by atoms with Crippen molar-refractivity contribution in [3.8, 4) is 0 Å². The SMILES string of the molecule is NC(CC(=O)N1CCc2ccc(C(=O)O)cc21)C1CC1. The molecule has 3 rings (SSSR count). The van der Waals surface area contributed by atoms with E-state index in [0.717, 1.165) is 30.5 Å². The third kappa shape index (κ3) is 2.41. The molecule has 5 heteroatoms. The molecule has 0 radical (unpaired) electrons. The number of carbonyl (C=O) groups is 2. The van der Waals surface area contributed by atoms with E-state index in [-0.39, 0.29) is 17.5 Å². The van der Waals surface area contributed by atoms with Gasteiger partial charge in [0.1, 0.15) is 0 Å². The van der Waals surface area contributed by atoms with Crippen LogP contribution in [0.15, 0.2) is 18.2 Å². The Morgan fingerprint density at radius 1 is 1.40 bits per heavy atom. The zero-order valence-electron chi connectivity index (χ0n) is 11.2. The standard InChI is InChI=1S/C15H18N2O3/c16-12(9-1-2-9)8-14(18)17-6-5-10-3-4-11(15(19)20)7-13(10)17/h3-4,7,9,12H,1-2,5-6,8,16H2,(H,19,20). The summed E-state index contributed by atoms with van der Waals surface area (Å²) in [6, 6.07) is 4.91. The van der Waals surface area contributed by atoms with Gasteiger partial charge in [-0.1, -0.05) is 6.07 Å². The number of amides is 1. The first-order valence-corrected chi connectivity index (χ1v) is 6.98. The number of rotatable bonds is 4. The molecule has 1 aromatic carbocycles. The lowest BCUT2D eigenvalue weighted by Gasteiger charge is -2.20. The summed E-state index contributed by atoms with van der Waals surface area (Å²) < 4.78 is 0. The molecule has 1 unspecified atom stereocenters. The van der Waals surface area contributed by atoms with E-state index in [1.807, 2.05) is 0 Å². The maximum atomic E-state index is 12.3. The summed E-state index contributed by atoms with van der Waals surface area (Å²) >= 11 is 0. The molecule has 1 atom stereocenters. The Kier molecular flexibility index (Phi) is 3.22. The molecule has 0 bridgehead atoms. The zero-order chi connectivity index (χ0) is 14.3. The molecule has 0 saturated heterocycles. The number of nitrogens with zero attached hydrogens (tertiary/aromatic N) is 1. The van der Waals surface area contributed by atoms with Gasteiger partial charge in [-0.25, -0.2) is 4.79 Å². The lowest BCUT2D eigenvalue weighted by Crippen LogP contribution is -2.35. The van der Waals surface area contributed by atoms with Crippen molar-refractivity contribution in [2.45, 2.75) is 31.7 Å². The fraction of sp³-hybridized carbons (Fsp3) is 0.467. The average molecular weight is 274 g/mol.